The van der Waals surface area contributed by atoms with Gasteiger partial charge in [0.05, 0.1) is 33.8 Å². The smallest absolute Gasteiger partial charge is 0.293 e. The Bertz CT molecular complexity index is 1360. The standard InChI is InChI=1S/C27H21IN2O4S/c1-17-7-9-18(10-8-17)16-34-25-22(28)11-19(12-23(25)33-2)13-24-26(31)30(27(32)35-24)15-21-6-4-3-5-20(21)14-29/h3-13H,15-16H2,1-2H3/b24-13+. The molecule has 0 radical (unpaired) electrons. The number of thioether (sulfide) groups is 1. The van der Waals surface area contributed by atoms with Crippen molar-refractivity contribution in [2.75, 3.05) is 7.11 Å². The number of rotatable bonds is 7. The summed E-state index contributed by atoms with van der Waals surface area (Å²) < 4.78 is 12.4. The van der Waals surface area contributed by atoms with E-state index in [0.29, 0.717) is 34.1 Å². The minimum Gasteiger partial charge on any atom is -0.493 e. The lowest BCUT2D eigenvalue weighted by Gasteiger charge is -2.14. The van der Waals surface area contributed by atoms with E-state index in [4.69, 9.17) is 9.47 Å². The van der Waals surface area contributed by atoms with Gasteiger partial charge in [-0.3, -0.25) is 14.5 Å². The average Bonchev–Trinajstić information content (AvgIpc) is 3.11. The number of aryl methyl sites for hydroxylation is 1. The predicted molar refractivity (Wildman–Crippen MR) is 144 cm³/mol. The normalized spacial score (nSPS) is 14.3. The molecule has 0 N–H and O–H groups in total. The molecule has 0 bridgehead atoms. The van der Waals surface area contributed by atoms with Crippen LogP contribution in [0.1, 0.15) is 27.8 Å². The molecule has 1 aliphatic rings. The number of halogens is 1. The molecule has 0 aliphatic carbocycles. The SMILES string of the molecule is COc1cc(/C=C2/SC(=O)N(Cc3ccccc3C#N)C2=O)cc(I)c1OCc1ccc(C)cc1. The van der Waals surface area contributed by atoms with Crippen molar-refractivity contribution in [2.45, 2.75) is 20.1 Å². The van der Waals surface area contributed by atoms with Gasteiger partial charge >= 0.3 is 0 Å². The molecule has 1 aliphatic heterocycles. The summed E-state index contributed by atoms with van der Waals surface area (Å²) in [6, 6.07) is 20.8. The Kier molecular flexibility index (Phi) is 7.78. The third kappa shape index (κ3) is 5.69. The molecule has 35 heavy (non-hydrogen) atoms. The van der Waals surface area contributed by atoms with Crippen LogP contribution in [-0.2, 0) is 17.9 Å². The Morgan fingerprint density at radius 1 is 1.11 bits per heavy atom. The first-order chi connectivity index (χ1) is 16.9. The van der Waals surface area contributed by atoms with Gasteiger partial charge in [0.1, 0.15) is 6.61 Å². The molecule has 0 atom stereocenters. The fourth-order valence-corrected chi connectivity index (χ4v) is 5.15. The van der Waals surface area contributed by atoms with Gasteiger partial charge in [-0.2, -0.15) is 5.26 Å². The number of carbonyl (C=O) groups excluding carboxylic acids is 2. The van der Waals surface area contributed by atoms with Crippen molar-refractivity contribution in [1.29, 1.82) is 5.26 Å². The summed E-state index contributed by atoms with van der Waals surface area (Å²) in [6.07, 6.45) is 1.68. The summed E-state index contributed by atoms with van der Waals surface area (Å²) in [7, 11) is 1.56. The fraction of sp³-hybridized carbons (Fsp3) is 0.148. The highest BCUT2D eigenvalue weighted by atomic mass is 127. The van der Waals surface area contributed by atoms with Gasteiger partial charge in [0, 0.05) is 0 Å². The van der Waals surface area contributed by atoms with E-state index in [1.54, 1.807) is 43.5 Å². The van der Waals surface area contributed by atoms with Crippen molar-refractivity contribution in [3.63, 3.8) is 0 Å². The lowest BCUT2D eigenvalue weighted by atomic mass is 10.1. The fourth-order valence-electron chi connectivity index (χ4n) is 3.53. The highest BCUT2D eigenvalue weighted by molar-refractivity contribution is 14.1. The van der Waals surface area contributed by atoms with Crippen molar-refractivity contribution in [3.8, 4) is 17.6 Å². The molecule has 2 amide bonds. The van der Waals surface area contributed by atoms with E-state index in [1.807, 2.05) is 37.3 Å². The van der Waals surface area contributed by atoms with Crippen LogP contribution in [0.15, 0.2) is 65.6 Å². The highest BCUT2D eigenvalue weighted by Crippen LogP contribution is 2.38. The molecule has 1 heterocycles. The molecular weight excluding hydrogens is 575 g/mol. The molecule has 0 unspecified atom stereocenters. The number of methoxy groups -OCH3 is 1. The lowest BCUT2D eigenvalue weighted by molar-refractivity contribution is -0.123. The van der Waals surface area contributed by atoms with Gasteiger partial charge < -0.3 is 9.47 Å². The molecule has 8 heteroatoms. The van der Waals surface area contributed by atoms with Gasteiger partial charge in [-0.15, -0.1) is 0 Å². The van der Waals surface area contributed by atoms with E-state index >= 15 is 0 Å². The van der Waals surface area contributed by atoms with Crippen LogP contribution in [-0.4, -0.2) is 23.2 Å². The second kappa shape index (κ2) is 11.0. The van der Waals surface area contributed by atoms with E-state index in [9.17, 15) is 14.9 Å². The first kappa shape index (κ1) is 24.8. The third-order valence-electron chi connectivity index (χ3n) is 5.39. The molecule has 176 valence electrons. The van der Waals surface area contributed by atoms with Crippen molar-refractivity contribution < 1.29 is 19.1 Å². The van der Waals surface area contributed by atoms with Crippen molar-refractivity contribution in [2.24, 2.45) is 0 Å². The van der Waals surface area contributed by atoms with Crippen molar-refractivity contribution >= 4 is 51.6 Å². The number of hydrogen-bond acceptors (Lipinski definition) is 6. The number of ether oxygens (including phenoxy) is 2. The largest absolute Gasteiger partial charge is 0.493 e. The highest BCUT2D eigenvalue weighted by Gasteiger charge is 2.35. The van der Waals surface area contributed by atoms with Gasteiger partial charge in [0.2, 0.25) is 0 Å². The molecule has 1 fully saturated rings. The summed E-state index contributed by atoms with van der Waals surface area (Å²) in [4.78, 5) is 27.0. The Morgan fingerprint density at radius 2 is 1.86 bits per heavy atom. The first-order valence-electron chi connectivity index (χ1n) is 10.7. The second-order valence-electron chi connectivity index (χ2n) is 7.85. The summed E-state index contributed by atoms with van der Waals surface area (Å²) >= 11 is 3.05. The van der Waals surface area contributed by atoms with Gasteiger partial charge in [-0.25, -0.2) is 0 Å². The molecule has 0 saturated carbocycles. The van der Waals surface area contributed by atoms with Crippen LogP contribution in [0.25, 0.3) is 6.08 Å². The number of benzene rings is 3. The first-order valence-corrected chi connectivity index (χ1v) is 12.6. The van der Waals surface area contributed by atoms with Crippen molar-refractivity contribution in [1.82, 2.24) is 4.90 Å². The molecular formula is C27H21IN2O4S. The maximum absolute atomic E-state index is 13.0. The van der Waals surface area contributed by atoms with Crippen LogP contribution < -0.4 is 9.47 Å². The zero-order valence-corrected chi connectivity index (χ0v) is 22.1. The second-order valence-corrected chi connectivity index (χ2v) is 10.0. The Labute approximate surface area is 221 Å². The predicted octanol–water partition coefficient (Wildman–Crippen LogP) is 6.30. The number of hydrogen-bond donors (Lipinski definition) is 0. The zero-order chi connectivity index (χ0) is 24.9. The quantitative estimate of drug-likeness (QED) is 0.236. The van der Waals surface area contributed by atoms with Crippen LogP contribution in [0.3, 0.4) is 0 Å². The van der Waals surface area contributed by atoms with Crippen molar-refractivity contribution in [3.05, 3.63) is 97.0 Å². The maximum atomic E-state index is 13.0. The molecule has 3 aromatic carbocycles. The molecule has 1 saturated heterocycles. The van der Waals surface area contributed by atoms with E-state index in [1.165, 1.54) is 5.56 Å². The van der Waals surface area contributed by atoms with Crippen LogP contribution in [0.2, 0.25) is 0 Å². The topological polar surface area (TPSA) is 79.6 Å². The summed E-state index contributed by atoms with van der Waals surface area (Å²) in [6.45, 7) is 2.49. The number of nitriles is 1. The van der Waals surface area contributed by atoms with Gasteiger partial charge in [0.25, 0.3) is 11.1 Å². The Hall–Kier alpha value is -3.29. The number of amides is 2. The van der Waals surface area contributed by atoms with E-state index in [2.05, 4.69) is 28.7 Å². The molecule has 6 nitrogen and oxygen atoms in total. The van der Waals surface area contributed by atoms with Crippen LogP contribution in [0.5, 0.6) is 11.5 Å². The van der Waals surface area contributed by atoms with Crippen LogP contribution in [0, 0.1) is 21.8 Å². The zero-order valence-electron chi connectivity index (χ0n) is 19.1. The maximum Gasteiger partial charge on any atom is 0.293 e. The van der Waals surface area contributed by atoms with E-state index in [0.717, 1.165) is 31.4 Å². The number of nitrogens with zero attached hydrogens (tertiary/aromatic N) is 2. The van der Waals surface area contributed by atoms with Gasteiger partial charge in [-0.1, -0.05) is 48.0 Å². The van der Waals surface area contributed by atoms with E-state index in [-0.39, 0.29) is 17.7 Å². The minimum absolute atomic E-state index is 0.0540. The molecule has 4 rings (SSSR count). The van der Waals surface area contributed by atoms with Crippen LogP contribution in [0.4, 0.5) is 4.79 Å². The van der Waals surface area contributed by atoms with E-state index < -0.39 is 0 Å². The van der Waals surface area contributed by atoms with Gasteiger partial charge in [-0.05, 0) is 82.2 Å². The molecule has 0 aromatic heterocycles. The minimum atomic E-state index is -0.388. The average molecular weight is 596 g/mol. The summed E-state index contributed by atoms with van der Waals surface area (Å²) in [5, 5.41) is 8.94. The summed E-state index contributed by atoms with van der Waals surface area (Å²) in [5.74, 6) is 0.769. The number of imide groups is 1. The van der Waals surface area contributed by atoms with Gasteiger partial charge in [0.15, 0.2) is 11.5 Å². The molecule has 0 spiro atoms. The third-order valence-corrected chi connectivity index (χ3v) is 7.10. The number of carbonyl (C=O) groups is 2. The monoisotopic (exact) mass is 596 g/mol. The Morgan fingerprint density at radius 3 is 2.57 bits per heavy atom. The lowest BCUT2D eigenvalue weighted by Crippen LogP contribution is -2.27. The Balaban J connectivity index is 1.54. The summed E-state index contributed by atoms with van der Waals surface area (Å²) in [5.41, 5.74) is 4.02. The van der Waals surface area contributed by atoms with Crippen LogP contribution >= 0.6 is 34.4 Å². The molecule has 3 aromatic rings.